The van der Waals surface area contributed by atoms with Gasteiger partial charge in [0, 0.05) is 0 Å². The van der Waals surface area contributed by atoms with E-state index in [1.165, 1.54) is 0 Å². The van der Waals surface area contributed by atoms with Gasteiger partial charge in [0.1, 0.15) is 6.04 Å². The molecular weight excluding hydrogens is 326 g/mol. The highest BCUT2D eigenvalue weighted by Gasteiger charge is 2.28. The van der Waals surface area contributed by atoms with Crippen molar-refractivity contribution in [3.63, 3.8) is 0 Å². The van der Waals surface area contributed by atoms with E-state index in [4.69, 9.17) is 0 Å². The summed E-state index contributed by atoms with van der Waals surface area (Å²) in [5.41, 5.74) is 2.92. The standard InChI is InChI=1S/C18H21NO4S/c1-12-9-13(2)17(14(3)10-12)24(22,23)19-16(18(20)21)11-15-7-5-4-6-8-15/h4-10,16,19H,11H2,1-3H3,(H,20,21)/t16-/m1/s1. The Morgan fingerprint density at radius 3 is 2.12 bits per heavy atom. The van der Waals surface area contributed by atoms with Crippen molar-refractivity contribution < 1.29 is 18.3 Å². The molecular formula is C18H21NO4S. The molecule has 5 nitrogen and oxygen atoms in total. The highest BCUT2D eigenvalue weighted by atomic mass is 32.2. The first-order valence-electron chi connectivity index (χ1n) is 7.57. The first-order chi connectivity index (χ1) is 11.2. The molecule has 1 atom stereocenters. The summed E-state index contributed by atoms with van der Waals surface area (Å²) in [7, 11) is -3.93. The zero-order valence-corrected chi connectivity index (χ0v) is 14.7. The van der Waals surface area contributed by atoms with Crippen LogP contribution >= 0.6 is 0 Å². The smallest absolute Gasteiger partial charge is 0.322 e. The molecule has 0 aliphatic rings. The number of rotatable bonds is 6. The molecule has 2 aromatic carbocycles. The number of hydrogen-bond acceptors (Lipinski definition) is 3. The highest BCUT2D eigenvalue weighted by molar-refractivity contribution is 7.89. The van der Waals surface area contributed by atoms with Gasteiger partial charge in [-0.2, -0.15) is 4.72 Å². The maximum absolute atomic E-state index is 12.7. The first kappa shape index (κ1) is 18.2. The molecule has 0 aliphatic carbocycles. The number of sulfonamides is 1. The van der Waals surface area contributed by atoms with E-state index in [2.05, 4.69) is 4.72 Å². The number of aliphatic carboxylic acids is 1. The van der Waals surface area contributed by atoms with Crippen molar-refractivity contribution in [1.82, 2.24) is 4.72 Å². The van der Waals surface area contributed by atoms with E-state index in [0.717, 1.165) is 11.1 Å². The normalized spacial score (nSPS) is 12.8. The minimum Gasteiger partial charge on any atom is -0.480 e. The minimum absolute atomic E-state index is 0.0827. The van der Waals surface area contributed by atoms with Gasteiger partial charge >= 0.3 is 5.97 Å². The van der Waals surface area contributed by atoms with Crippen LogP contribution in [0.5, 0.6) is 0 Å². The lowest BCUT2D eigenvalue weighted by Gasteiger charge is -2.18. The summed E-state index contributed by atoms with van der Waals surface area (Å²) in [5, 5.41) is 9.40. The maximum atomic E-state index is 12.7. The second-order valence-corrected chi connectivity index (χ2v) is 7.58. The Hall–Kier alpha value is -2.18. The summed E-state index contributed by atoms with van der Waals surface area (Å²) in [6.45, 7) is 5.31. The van der Waals surface area contributed by atoms with Crippen molar-refractivity contribution in [1.29, 1.82) is 0 Å². The summed E-state index contributed by atoms with van der Waals surface area (Å²) in [5.74, 6) is -1.20. The van der Waals surface area contributed by atoms with E-state index >= 15 is 0 Å². The number of benzene rings is 2. The third kappa shape index (κ3) is 4.21. The summed E-state index contributed by atoms with van der Waals surface area (Å²) in [6, 6.07) is 11.3. The number of carboxylic acids is 1. The number of carboxylic acid groups (broad SMARTS) is 1. The average molecular weight is 347 g/mol. The third-order valence-corrected chi connectivity index (χ3v) is 5.53. The van der Waals surface area contributed by atoms with Crippen molar-refractivity contribution in [3.8, 4) is 0 Å². The van der Waals surface area contributed by atoms with E-state index < -0.39 is 22.0 Å². The van der Waals surface area contributed by atoms with Crippen molar-refractivity contribution in [2.24, 2.45) is 0 Å². The Labute approximate surface area is 142 Å². The van der Waals surface area contributed by atoms with Crippen LogP contribution in [0, 0.1) is 20.8 Å². The van der Waals surface area contributed by atoms with Crippen LogP contribution in [-0.4, -0.2) is 25.5 Å². The van der Waals surface area contributed by atoms with Crippen LogP contribution in [0.3, 0.4) is 0 Å². The molecule has 0 saturated heterocycles. The summed E-state index contributed by atoms with van der Waals surface area (Å²) in [4.78, 5) is 11.7. The lowest BCUT2D eigenvalue weighted by atomic mass is 10.1. The first-order valence-corrected chi connectivity index (χ1v) is 9.06. The summed E-state index contributed by atoms with van der Waals surface area (Å²) in [6.07, 6.45) is 0.0827. The second-order valence-electron chi connectivity index (χ2n) is 5.93. The Morgan fingerprint density at radius 1 is 1.08 bits per heavy atom. The lowest BCUT2D eigenvalue weighted by Crippen LogP contribution is -2.42. The molecule has 0 radical (unpaired) electrons. The Balaban J connectivity index is 2.33. The van der Waals surface area contributed by atoms with Crippen LogP contribution in [0.25, 0.3) is 0 Å². The molecule has 0 spiro atoms. The van der Waals surface area contributed by atoms with E-state index in [1.807, 2.05) is 13.0 Å². The molecule has 2 rings (SSSR count). The fraction of sp³-hybridized carbons (Fsp3) is 0.278. The largest absolute Gasteiger partial charge is 0.480 e. The predicted octanol–water partition coefficient (Wildman–Crippen LogP) is 2.59. The van der Waals surface area contributed by atoms with Crippen LogP contribution in [-0.2, 0) is 21.2 Å². The van der Waals surface area contributed by atoms with Crippen molar-refractivity contribution >= 4 is 16.0 Å². The molecule has 0 fully saturated rings. The van der Waals surface area contributed by atoms with Gasteiger partial charge in [-0.05, 0) is 43.9 Å². The van der Waals surface area contributed by atoms with Crippen LogP contribution in [0.4, 0.5) is 0 Å². The van der Waals surface area contributed by atoms with Gasteiger partial charge in [0.25, 0.3) is 0 Å². The van der Waals surface area contributed by atoms with E-state index in [-0.39, 0.29) is 11.3 Å². The molecule has 24 heavy (non-hydrogen) atoms. The fourth-order valence-electron chi connectivity index (χ4n) is 2.87. The van der Waals surface area contributed by atoms with Gasteiger partial charge < -0.3 is 5.11 Å². The maximum Gasteiger partial charge on any atom is 0.322 e. The van der Waals surface area contributed by atoms with Crippen molar-refractivity contribution in [3.05, 3.63) is 64.7 Å². The minimum atomic E-state index is -3.93. The summed E-state index contributed by atoms with van der Waals surface area (Å²) >= 11 is 0. The number of nitrogens with one attached hydrogen (secondary N) is 1. The molecule has 6 heteroatoms. The van der Waals surface area contributed by atoms with E-state index in [1.54, 1.807) is 50.2 Å². The average Bonchev–Trinajstić information content (AvgIpc) is 2.45. The zero-order chi connectivity index (χ0) is 17.9. The van der Waals surface area contributed by atoms with Crippen LogP contribution in [0.15, 0.2) is 47.4 Å². The van der Waals surface area contributed by atoms with Gasteiger partial charge in [0.15, 0.2) is 0 Å². The van der Waals surface area contributed by atoms with Gasteiger partial charge in [-0.15, -0.1) is 0 Å². The van der Waals surface area contributed by atoms with Gasteiger partial charge in [-0.25, -0.2) is 8.42 Å². The lowest BCUT2D eigenvalue weighted by molar-refractivity contribution is -0.138. The Morgan fingerprint density at radius 2 is 1.62 bits per heavy atom. The van der Waals surface area contributed by atoms with E-state index in [9.17, 15) is 18.3 Å². The van der Waals surface area contributed by atoms with Crippen molar-refractivity contribution in [2.45, 2.75) is 38.1 Å². The monoisotopic (exact) mass is 347 g/mol. The molecule has 0 heterocycles. The number of hydrogen-bond donors (Lipinski definition) is 2. The van der Waals surface area contributed by atoms with Crippen LogP contribution in [0.2, 0.25) is 0 Å². The quantitative estimate of drug-likeness (QED) is 0.841. The molecule has 0 amide bonds. The molecule has 2 N–H and O–H groups in total. The summed E-state index contributed by atoms with van der Waals surface area (Å²) < 4.78 is 27.8. The topological polar surface area (TPSA) is 83.5 Å². The second kappa shape index (κ2) is 7.15. The highest BCUT2D eigenvalue weighted by Crippen LogP contribution is 2.22. The van der Waals surface area contributed by atoms with E-state index in [0.29, 0.717) is 11.1 Å². The fourth-order valence-corrected chi connectivity index (χ4v) is 4.51. The van der Waals surface area contributed by atoms with Crippen LogP contribution in [0.1, 0.15) is 22.3 Å². The van der Waals surface area contributed by atoms with Gasteiger partial charge in [-0.1, -0.05) is 48.0 Å². The Bertz CT molecular complexity index is 822. The Kier molecular flexibility index (Phi) is 5.41. The SMILES string of the molecule is Cc1cc(C)c(S(=O)(=O)N[C@H](Cc2ccccc2)C(=O)O)c(C)c1. The molecule has 0 saturated carbocycles. The molecule has 0 bridgehead atoms. The molecule has 0 aromatic heterocycles. The van der Waals surface area contributed by atoms with Gasteiger partial charge in [0.05, 0.1) is 4.90 Å². The van der Waals surface area contributed by atoms with Crippen LogP contribution < -0.4 is 4.72 Å². The third-order valence-electron chi connectivity index (χ3n) is 3.75. The zero-order valence-electron chi connectivity index (χ0n) is 13.9. The van der Waals surface area contributed by atoms with Gasteiger partial charge in [0.2, 0.25) is 10.0 Å². The number of carbonyl (C=O) groups is 1. The van der Waals surface area contributed by atoms with Gasteiger partial charge in [-0.3, -0.25) is 4.79 Å². The molecule has 2 aromatic rings. The molecule has 0 unspecified atom stereocenters. The molecule has 128 valence electrons. The predicted molar refractivity (Wildman–Crippen MR) is 92.5 cm³/mol. The van der Waals surface area contributed by atoms with Crippen molar-refractivity contribution in [2.75, 3.05) is 0 Å². The number of aryl methyl sites for hydroxylation is 3. The molecule has 0 aliphatic heterocycles.